The van der Waals surface area contributed by atoms with E-state index in [0.29, 0.717) is 48.8 Å². The van der Waals surface area contributed by atoms with E-state index in [-0.39, 0.29) is 29.0 Å². The molecule has 1 aliphatic rings. The molecule has 9 heteroatoms. The van der Waals surface area contributed by atoms with Gasteiger partial charge in [-0.1, -0.05) is 6.07 Å². The fourth-order valence-corrected chi connectivity index (χ4v) is 4.92. The monoisotopic (exact) mass is 537 g/mol. The standard InChI is InChI=1S/C29H32FN5O2.ClH/c1-21-25(29(36)24-16-26(30)27(17-28(24)37-21)35-14-11-32-12-15-35)20-34(19-23-6-9-31-10-7-23)13-3-5-22-4-2-8-33-18-22;/h2,4,6-10,16-18,32H,3,5,11-15,19-20H2,1H3;1H. The lowest BCUT2D eigenvalue weighted by Crippen LogP contribution is -2.43. The molecule has 5 rings (SSSR count). The number of hydrogen-bond acceptors (Lipinski definition) is 7. The van der Waals surface area contributed by atoms with Crippen LogP contribution in [0.25, 0.3) is 11.0 Å². The van der Waals surface area contributed by atoms with E-state index in [2.05, 4.69) is 26.3 Å². The van der Waals surface area contributed by atoms with Crippen molar-refractivity contribution in [2.45, 2.75) is 32.9 Å². The Hall–Kier alpha value is -3.33. The van der Waals surface area contributed by atoms with Crippen molar-refractivity contribution in [1.29, 1.82) is 0 Å². The van der Waals surface area contributed by atoms with Crippen LogP contribution < -0.4 is 15.6 Å². The number of halogens is 2. The summed E-state index contributed by atoms with van der Waals surface area (Å²) in [5.41, 5.74) is 3.61. The minimum Gasteiger partial charge on any atom is -0.461 e. The Morgan fingerprint density at radius 3 is 2.58 bits per heavy atom. The van der Waals surface area contributed by atoms with Gasteiger partial charge in [0.05, 0.1) is 16.6 Å². The minimum absolute atomic E-state index is 0. The molecule has 4 heterocycles. The average molecular weight is 538 g/mol. The van der Waals surface area contributed by atoms with Gasteiger partial charge in [0.2, 0.25) is 0 Å². The summed E-state index contributed by atoms with van der Waals surface area (Å²) in [5, 5.41) is 3.57. The summed E-state index contributed by atoms with van der Waals surface area (Å²) >= 11 is 0. The predicted octanol–water partition coefficient (Wildman–Crippen LogP) is 4.50. The van der Waals surface area contributed by atoms with Crippen molar-refractivity contribution in [2.24, 2.45) is 0 Å². The highest BCUT2D eigenvalue weighted by atomic mass is 35.5. The van der Waals surface area contributed by atoms with Crippen LogP contribution in [0.3, 0.4) is 0 Å². The second-order valence-corrected chi connectivity index (χ2v) is 9.53. The minimum atomic E-state index is -0.387. The summed E-state index contributed by atoms with van der Waals surface area (Å²) in [6.07, 6.45) is 9.02. The lowest BCUT2D eigenvalue weighted by Gasteiger charge is -2.29. The number of aryl methyl sites for hydroxylation is 2. The van der Waals surface area contributed by atoms with Gasteiger partial charge in [0, 0.05) is 70.1 Å². The topological polar surface area (TPSA) is 74.5 Å². The Labute approximate surface area is 228 Å². The first kappa shape index (κ1) is 27.7. The molecule has 0 atom stereocenters. The zero-order valence-electron chi connectivity index (χ0n) is 21.5. The first-order valence-corrected chi connectivity index (χ1v) is 12.8. The number of anilines is 1. The second kappa shape index (κ2) is 13.0. The SMILES string of the molecule is Cc1oc2cc(N3CCNCC3)c(F)cc2c(=O)c1CN(CCCc1cccnc1)Cc1ccncc1.Cl. The molecule has 38 heavy (non-hydrogen) atoms. The molecule has 0 spiro atoms. The maximum atomic E-state index is 15.1. The fraction of sp³-hybridized carbons (Fsp3) is 0.345. The largest absolute Gasteiger partial charge is 0.461 e. The van der Waals surface area contributed by atoms with Crippen molar-refractivity contribution in [3.8, 4) is 0 Å². The number of rotatable bonds is 9. The number of nitrogens with zero attached hydrogens (tertiary/aromatic N) is 4. The van der Waals surface area contributed by atoms with Gasteiger partial charge < -0.3 is 14.6 Å². The fourth-order valence-electron chi connectivity index (χ4n) is 4.92. The number of benzene rings is 1. The molecule has 1 aliphatic heterocycles. The van der Waals surface area contributed by atoms with Crippen LogP contribution in [0.15, 0.2) is 70.4 Å². The Morgan fingerprint density at radius 2 is 1.84 bits per heavy atom. The molecule has 200 valence electrons. The van der Waals surface area contributed by atoms with E-state index in [1.165, 1.54) is 11.6 Å². The molecule has 1 saturated heterocycles. The van der Waals surface area contributed by atoms with E-state index in [1.807, 2.05) is 36.2 Å². The van der Waals surface area contributed by atoms with Crippen LogP contribution >= 0.6 is 12.4 Å². The molecular weight excluding hydrogens is 505 g/mol. The molecule has 0 amide bonds. The highest BCUT2D eigenvalue weighted by molar-refractivity contribution is 5.85. The molecule has 0 bridgehead atoms. The summed E-state index contributed by atoms with van der Waals surface area (Å²) in [4.78, 5) is 26.1. The van der Waals surface area contributed by atoms with Gasteiger partial charge in [-0.05, 0) is 61.7 Å². The molecule has 4 aromatic rings. The Bertz CT molecular complexity index is 1400. The van der Waals surface area contributed by atoms with E-state index in [4.69, 9.17) is 4.42 Å². The summed E-state index contributed by atoms with van der Waals surface area (Å²) in [7, 11) is 0. The highest BCUT2D eigenvalue weighted by Gasteiger charge is 2.20. The first-order chi connectivity index (χ1) is 18.1. The third-order valence-electron chi connectivity index (χ3n) is 6.91. The lowest BCUT2D eigenvalue weighted by atomic mass is 10.1. The van der Waals surface area contributed by atoms with Gasteiger partial charge in [-0.2, -0.15) is 0 Å². The Balaban J connectivity index is 0.00000336. The zero-order chi connectivity index (χ0) is 25.6. The normalized spacial score (nSPS) is 13.6. The van der Waals surface area contributed by atoms with Crippen LogP contribution in [-0.4, -0.2) is 47.6 Å². The van der Waals surface area contributed by atoms with E-state index in [1.54, 1.807) is 24.7 Å². The summed E-state index contributed by atoms with van der Waals surface area (Å²) in [6.45, 7) is 6.72. The molecule has 1 N–H and O–H groups in total. The van der Waals surface area contributed by atoms with Gasteiger partial charge in [0.25, 0.3) is 0 Å². The van der Waals surface area contributed by atoms with Crippen molar-refractivity contribution >= 4 is 29.1 Å². The summed E-state index contributed by atoms with van der Waals surface area (Å²) in [5.74, 6) is 0.184. The van der Waals surface area contributed by atoms with Gasteiger partial charge in [-0.3, -0.25) is 19.7 Å². The summed E-state index contributed by atoms with van der Waals surface area (Å²) < 4.78 is 21.3. The third kappa shape index (κ3) is 6.56. The Morgan fingerprint density at radius 1 is 1.05 bits per heavy atom. The predicted molar refractivity (Wildman–Crippen MR) is 150 cm³/mol. The van der Waals surface area contributed by atoms with Gasteiger partial charge in [-0.25, -0.2) is 4.39 Å². The van der Waals surface area contributed by atoms with E-state index >= 15 is 4.39 Å². The van der Waals surface area contributed by atoms with E-state index < -0.39 is 0 Å². The van der Waals surface area contributed by atoms with Gasteiger partial charge in [0.15, 0.2) is 5.43 Å². The van der Waals surface area contributed by atoms with Crippen LogP contribution in [0.1, 0.15) is 28.9 Å². The highest BCUT2D eigenvalue weighted by Crippen LogP contribution is 2.27. The molecule has 1 aromatic carbocycles. The number of pyridine rings is 2. The number of aromatic nitrogens is 2. The first-order valence-electron chi connectivity index (χ1n) is 12.8. The van der Waals surface area contributed by atoms with Crippen molar-refractivity contribution in [2.75, 3.05) is 37.6 Å². The van der Waals surface area contributed by atoms with Gasteiger partial charge in [0.1, 0.15) is 17.2 Å². The molecule has 3 aromatic heterocycles. The molecule has 0 radical (unpaired) electrons. The maximum Gasteiger partial charge on any atom is 0.197 e. The van der Waals surface area contributed by atoms with Crippen molar-refractivity contribution in [1.82, 2.24) is 20.2 Å². The molecule has 7 nitrogen and oxygen atoms in total. The second-order valence-electron chi connectivity index (χ2n) is 9.53. The van der Waals surface area contributed by atoms with Gasteiger partial charge >= 0.3 is 0 Å². The van der Waals surface area contributed by atoms with Crippen molar-refractivity contribution < 1.29 is 8.81 Å². The van der Waals surface area contributed by atoms with Crippen LogP contribution in [0, 0.1) is 12.7 Å². The number of nitrogens with one attached hydrogen (secondary N) is 1. The van der Waals surface area contributed by atoms with Crippen LogP contribution in [0.5, 0.6) is 0 Å². The van der Waals surface area contributed by atoms with Crippen LogP contribution in [-0.2, 0) is 19.5 Å². The zero-order valence-corrected chi connectivity index (χ0v) is 22.3. The Kier molecular flexibility index (Phi) is 9.44. The third-order valence-corrected chi connectivity index (χ3v) is 6.91. The number of fused-ring (bicyclic) bond motifs is 1. The van der Waals surface area contributed by atoms with Crippen molar-refractivity contribution in [3.63, 3.8) is 0 Å². The number of piperazine rings is 1. The smallest absolute Gasteiger partial charge is 0.197 e. The maximum absolute atomic E-state index is 15.1. The van der Waals surface area contributed by atoms with E-state index in [9.17, 15) is 4.79 Å². The van der Waals surface area contributed by atoms with Gasteiger partial charge in [-0.15, -0.1) is 12.4 Å². The average Bonchev–Trinajstić information content (AvgIpc) is 2.93. The molecule has 0 saturated carbocycles. The summed E-state index contributed by atoms with van der Waals surface area (Å²) in [6, 6.07) is 11.0. The molecule has 0 unspecified atom stereocenters. The molecule has 0 aliphatic carbocycles. The lowest BCUT2D eigenvalue weighted by molar-refractivity contribution is 0.250. The molecule has 1 fully saturated rings. The van der Waals surface area contributed by atoms with Crippen molar-refractivity contribution in [3.05, 3.63) is 99.7 Å². The quantitative estimate of drug-likeness (QED) is 0.337. The van der Waals surface area contributed by atoms with Crippen LogP contribution in [0.4, 0.5) is 10.1 Å². The van der Waals surface area contributed by atoms with E-state index in [0.717, 1.165) is 38.0 Å². The molecular formula is C29H33ClFN5O2. The number of hydrogen-bond donors (Lipinski definition) is 1. The van der Waals surface area contributed by atoms with Crippen LogP contribution in [0.2, 0.25) is 0 Å².